The predicted molar refractivity (Wildman–Crippen MR) is 108 cm³/mol. The third-order valence-corrected chi connectivity index (χ3v) is 3.97. The van der Waals surface area contributed by atoms with Crippen LogP contribution in [-0.4, -0.2) is 31.2 Å². The number of benzene rings is 2. The largest absolute Gasteiger partial charge is 0.490 e. The number of amides is 1. The van der Waals surface area contributed by atoms with Crippen LogP contribution in [0.3, 0.4) is 0 Å². The lowest BCUT2D eigenvalue weighted by molar-refractivity contribution is -0.123. The number of para-hydroxylation sites is 1. The molecular weight excluding hydrogens is 382 g/mol. The molecule has 0 aliphatic carbocycles. The van der Waals surface area contributed by atoms with Gasteiger partial charge >= 0.3 is 5.97 Å². The molecule has 2 aromatic carbocycles. The molecule has 150 valence electrons. The summed E-state index contributed by atoms with van der Waals surface area (Å²) < 4.78 is 16.4. The fourth-order valence-electron chi connectivity index (χ4n) is 2.34. The zero-order valence-electron chi connectivity index (χ0n) is 16.2. The van der Waals surface area contributed by atoms with Gasteiger partial charge in [0.05, 0.1) is 23.8 Å². The molecule has 1 N–H and O–H groups in total. The van der Waals surface area contributed by atoms with Gasteiger partial charge in [0.25, 0.3) is 5.91 Å². The number of carbonyl (C=O) groups is 2. The number of hydrogen-bond donors (Lipinski definition) is 1. The molecule has 0 aromatic heterocycles. The Bertz CT molecular complexity index is 810. The summed E-state index contributed by atoms with van der Waals surface area (Å²) in [6, 6.07) is 11.9. The van der Waals surface area contributed by atoms with Gasteiger partial charge in [-0.1, -0.05) is 36.7 Å². The molecule has 2 rings (SSSR count). The Kier molecular flexibility index (Phi) is 8.14. The molecule has 0 radical (unpaired) electrons. The minimum absolute atomic E-state index is 0.177. The van der Waals surface area contributed by atoms with Gasteiger partial charge in [-0.15, -0.1) is 0 Å². The van der Waals surface area contributed by atoms with Gasteiger partial charge < -0.3 is 19.5 Å². The zero-order chi connectivity index (χ0) is 20.5. The minimum atomic E-state index is -0.988. The second kappa shape index (κ2) is 10.6. The van der Waals surface area contributed by atoms with E-state index >= 15 is 0 Å². The summed E-state index contributed by atoms with van der Waals surface area (Å²) in [5, 5.41) is 2.93. The van der Waals surface area contributed by atoms with Crippen LogP contribution in [-0.2, 0) is 9.53 Å². The standard InChI is InChI=1S/C21H24ClNO5/c1-4-11-27-19-17(22)12-15(13-18(19)26-5-2)21(25)28-14(3)20(24)23-16-9-7-6-8-10-16/h6-10,12-14H,4-5,11H2,1-3H3,(H,23,24)/t14-/m1/s1. The normalized spacial score (nSPS) is 11.4. The van der Waals surface area contributed by atoms with E-state index in [2.05, 4.69) is 5.32 Å². The van der Waals surface area contributed by atoms with Crippen molar-refractivity contribution in [2.24, 2.45) is 0 Å². The Morgan fingerprint density at radius 3 is 2.46 bits per heavy atom. The maximum atomic E-state index is 12.5. The van der Waals surface area contributed by atoms with Crippen molar-refractivity contribution in [3.63, 3.8) is 0 Å². The molecule has 0 heterocycles. The summed E-state index contributed by atoms with van der Waals surface area (Å²) in [7, 11) is 0. The molecule has 0 fully saturated rings. The first kappa shape index (κ1) is 21.6. The number of carbonyl (C=O) groups excluding carboxylic acids is 2. The molecule has 0 bridgehead atoms. The number of esters is 1. The Balaban J connectivity index is 2.11. The van der Waals surface area contributed by atoms with Crippen molar-refractivity contribution in [1.82, 2.24) is 0 Å². The van der Waals surface area contributed by atoms with Crippen LogP contribution in [0, 0.1) is 0 Å². The average Bonchev–Trinajstić information content (AvgIpc) is 2.68. The summed E-state index contributed by atoms with van der Waals surface area (Å²) in [6.45, 7) is 6.15. The van der Waals surface area contributed by atoms with E-state index in [0.717, 1.165) is 6.42 Å². The highest BCUT2D eigenvalue weighted by atomic mass is 35.5. The Morgan fingerprint density at radius 1 is 1.11 bits per heavy atom. The summed E-state index contributed by atoms with van der Waals surface area (Å²) in [5.74, 6) is -0.368. The molecule has 0 saturated carbocycles. The van der Waals surface area contributed by atoms with Crippen LogP contribution in [0.1, 0.15) is 37.6 Å². The molecule has 0 unspecified atom stereocenters. The van der Waals surface area contributed by atoms with Gasteiger partial charge in [0, 0.05) is 5.69 Å². The average molecular weight is 406 g/mol. The minimum Gasteiger partial charge on any atom is -0.490 e. The van der Waals surface area contributed by atoms with Crippen LogP contribution in [0.4, 0.5) is 5.69 Å². The van der Waals surface area contributed by atoms with Gasteiger partial charge in [0.1, 0.15) is 0 Å². The summed E-state index contributed by atoms with van der Waals surface area (Å²) in [6.07, 6.45) is -0.183. The van der Waals surface area contributed by atoms with Crippen molar-refractivity contribution < 1.29 is 23.8 Å². The molecule has 2 aromatic rings. The van der Waals surface area contributed by atoms with Crippen molar-refractivity contribution in [2.75, 3.05) is 18.5 Å². The predicted octanol–water partition coefficient (Wildman–Crippen LogP) is 4.71. The van der Waals surface area contributed by atoms with E-state index < -0.39 is 18.0 Å². The zero-order valence-corrected chi connectivity index (χ0v) is 16.9. The van der Waals surface area contributed by atoms with E-state index in [1.807, 2.05) is 19.9 Å². The number of rotatable bonds is 9. The van der Waals surface area contributed by atoms with E-state index in [4.69, 9.17) is 25.8 Å². The maximum absolute atomic E-state index is 12.5. The molecule has 0 aliphatic rings. The third kappa shape index (κ3) is 5.89. The first-order valence-electron chi connectivity index (χ1n) is 9.12. The first-order valence-corrected chi connectivity index (χ1v) is 9.50. The SMILES string of the molecule is CCCOc1c(Cl)cc(C(=O)O[C@H](C)C(=O)Nc2ccccc2)cc1OCC. The van der Waals surface area contributed by atoms with E-state index in [1.54, 1.807) is 24.3 Å². The summed E-state index contributed by atoms with van der Waals surface area (Å²) in [4.78, 5) is 24.7. The molecule has 1 atom stereocenters. The lowest BCUT2D eigenvalue weighted by Crippen LogP contribution is -2.30. The Labute approximate surface area is 169 Å². The molecule has 7 heteroatoms. The summed E-state index contributed by atoms with van der Waals surface area (Å²) in [5.41, 5.74) is 0.797. The second-order valence-corrected chi connectivity index (χ2v) is 6.38. The molecular formula is C21H24ClNO5. The van der Waals surface area contributed by atoms with Gasteiger partial charge in [0.15, 0.2) is 17.6 Å². The molecule has 28 heavy (non-hydrogen) atoms. The van der Waals surface area contributed by atoms with E-state index in [0.29, 0.717) is 30.4 Å². The Morgan fingerprint density at radius 2 is 1.82 bits per heavy atom. The fraction of sp³-hybridized carbons (Fsp3) is 0.333. The van der Waals surface area contributed by atoms with Crippen molar-refractivity contribution >= 4 is 29.2 Å². The molecule has 1 amide bonds. The fourth-order valence-corrected chi connectivity index (χ4v) is 2.61. The van der Waals surface area contributed by atoms with Gasteiger partial charge in [-0.25, -0.2) is 4.79 Å². The van der Waals surface area contributed by atoms with Crippen LogP contribution >= 0.6 is 11.6 Å². The van der Waals surface area contributed by atoms with Crippen molar-refractivity contribution in [3.05, 3.63) is 53.1 Å². The highest BCUT2D eigenvalue weighted by Gasteiger charge is 2.22. The van der Waals surface area contributed by atoms with Crippen molar-refractivity contribution in [2.45, 2.75) is 33.3 Å². The molecule has 0 saturated heterocycles. The van der Waals surface area contributed by atoms with Gasteiger partial charge in [-0.2, -0.15) is 0 Å². The Hall–Kier alpha value is -2.73. The van der Waals surface area contributed by atoms with Crippen LogP contribution in [0.15, 0.2) is 42.5 Å². The maximum Gasteiger partial charge on any atom is 0.339 e. The van der Waals surface area contributed by atoms with Crippen LogP contribution in [0.2, 0.25) is 5.02 Å². The van der Waals surface area contributed by atoms with Crippen molar-refractivity contribution in [3.8, 4) is 11.5 Å². The first-order chi connectivity index (χ1) is 13.5. The van der Waals surface area contributed by atoms with Gasteiger partial charge in [0.2, 0.25) is 0 Å². The highest BCUT2D eigenvalue weighted by Crippen LogP contribution is 2.37. The van der Waals surface area contributed by atoms with E-state index in [9.17, 15) is 9.59 Å². The van der Waals surface area contributed by atoms with Crippen LogP contribution < -0.4 is 14.8 Å². The van der Waals surface area contributed by atoms with E-state index in [1.165, 1.54) is 19.1 Å². The van der Waals surface area contributed by atoms with Crippen LogP contribution in [0.25, 0.3) is 0 Å². The monoisotopic (exact) mass is 405 g/mol. The van der Waals surface area contributed by atoms with E-state index in [-0.39, 0.29) is 10.6 Å². The lowest BCUT2D eigenvalue weighted by atomic mass is 10.2. The number of anilines is 1. The van der Waals surface area contributed by atoms with Gasteiger partial charge in [-0.05, 0) is 44.5 Å². The quantitative estimate of drug-likeness (QED) is 0.611. The highest BCUT2D eigenvalue weighted by molar-refractivity contribution is 6.32. The third-order valence-electron chi connectivity index (χ3n) is 3.69. The second-order valence-electron chi connectivity index (χ2n) is 5.97. The lowest BCUT2D eigenvalue weighted by Gasteiger charge is -2.16. The topological polar surface area (TPSA) is 73.9 Å². The number of ether oxygens (including phenoxy) is 3. The molecule has 6 nitrogen and oxygen atoms in total. The molecule has 0 spiro atoms. The van der Waals surface area contributed by atoms with Gasteiger partial charge in [-0.3, -0.25) is 4.79 Å². The number of halogens is 1. The van der Waals surface area contributed by atoms with Crippen LogP contribution in [0.5, 0.6) is 11.5 Å². The molecule has 0 aliphatic heterocycles. The number of hydrogen-bond acceptors (Lipinski definition) is 5. The summed E-state index contributed by atoms with van der Waals surface area (Å²) >= 11 is 6.26. The smallest absolute Gasteiger partial charge is 0.339 e. The number of nitrogens with one attached hydrogen (secondary N) is 1. The van der Waals surface area contributed by atoms with Crippen molar-refractivity contribution in [1.29, 1.82) is 0 Å².